The summed E-state index contributed by atoms with van der Waals surface area (Å²) in [6.07, 6.45) is 3.57. The molecule has 0 aliphatic carbocycles. The van der Waals surface area contributed by atoms with E-state index in [4.69, 9.17) is 23.2 Å². The zero-order valence-corrected chi connectivity index (χ0v) is 19.5. The number of hydrogen-bond donors (Lipinski definition) is 0. The molecule has 2 fully saturated rings. The van der Waals surface area contributed by atoms with Crippen molar-refractivity contribution in [2.75, 3.05) is 42.6 Å². The molecule has 0 N–H and O–H groups in total. The number of pyridine rings is 1. The second-order valence-electron chi connectivity index (χ2n) is 8.32. The summed E-state index contributed by atoms with van der Waals surface area (Å²) in [5.74, 6) is 1.09. The maximum atomic E-state index is 12.8. The summed E-state index contributed by atoms with van der Waals surface area (Å²) in [7, 11) is -2.92. The number of nitrogens with zero attached hydrogens (tertiary/aromatic N) is 3. The highest BCUT2D eigenvalue weighted by Gasteiger charge is 2.41. The number of amides is 1. The molecule has 0 radical (unpaired) electrons. The molecule has 0 unspecified atom stereocenters. The standard InChI is InChI=1S/C22H25Cl2N3O3S/c23-18-5-4-17(15-19(18)24)22(8-10-26-11-13-31(29,30)14-12-26)7-6-21(28)27(16-22)20-3-1-2-9-25-20/h1-5,9,15H,6-8,10-14,16H2/t22-/m1/s1. The topological polar surface area (TPSA) is 70.6 Å². The minimum absolute atomic E-state index is 0.0541. The van der Waals surface area contributed by atoms with Crippen molar-refractivity contribution in [2.45, 2.75) is 24.7 Å². The number of aromatic nitrogens is 1. The van der Waals surface area contributed by atoms with E-state index >= 15 is 0 Å². The summed E-state index contributed by atoms with van der Waals surface area (Å²) in [4.78, 5) is 21.1. The third-order valence-electron chi connectivity index (χ3n) is 6.38. The zero-order valence-electron chi connectivity index (χ0n) is 17.1. The van der Waals surface area contributed by atoms with Crippen LogP contribution in [0.5, 0.6) is 0 Å². The first kappa shape index (κ1) is 22.5. The van der Waals surface area contributed by atoms with Crippen molar-refractivity contribution in [3.63, 3.8) is 0 Å². The Morgan fingerprint density at radius 1 is 1.06 bits per heavy atom. The van der Waals surface area contributed by atoms with Crippen LogP contribution in [0.2, 0.25) is 10.0 Å². The molecule has 9 heteroatoms. The average Bonchev–Trinajstić information content (AvgIpc) is 2.77. The molecule has 4 rings (SSSR count). The Kier molecular flexibility index (Phi) is 6.58. The number of halogens is 2. The number of sulfone groups is 1. The van der Waals surface area contributed by atoms with Gasteiger partial charge in [0, 0.05) is 37.7 Å². The fraction of sp³-hybridized carbons (Fsp3) is 0.455. The zero-order chi connectivity index (χ0) is 22.1. The Balaban J connectivity index is 1.62. The molecular weight excluding hydrogens is 457 g/mol. The van der Waals surface area contributed by atoms with Crippen LogP contribution in [-0.2, 0) is 20.0 Å². The summed E-state index contributed by atoms with van der Waals surface area (Å²) in [5, 5.41) is 0.985. The van der Waals surface area contributed by atoms with Crippen LogP contribution in [0, 0.1) is 0 Å². The van der Waals surface area contributed by atoms with Gasteiger partial charge >= 0.3 is 0 Å². The number of hydrogen-bond acceptors (Lipinski definition) is 5. The number of carbonyl (C=O) groups excluding carboxylic acids is 1. The van der Waals surface area contributed by atoms with Gasteiger partial charge in [0.2, 0.25) is 5.91 Å². The molecule has 1 amide bonds. The minimum Gasteiger partial charge on any atom is -0.301 e. The van der Waals surface area contributed by atoms with Gasteiger partial charge in [0.05, 0.1) is 21.6 Å². The Hall–Kier alpha value is -1.67. The first-order valence-corrected chi connectivity index (χ1v) is 13.0. The Bertz CT molecular complexity index is 1050. The lowest BCUT2D eigenvalue weighted by atomic mass is 9.71. The predicted octanol–water partition coefficient (Wildman–Crippen LogP) is 3.57. The Labute approximate surface area is 193 Å². The highest BCUT2D eigenvalue weighted by molar-refractivity contribution is 7.91. The predicted molar refractivity (Wildman–Crippen MR) is 124 cm³/mol. The molecule has 0 spiro atoms. The van der Waals surface area contributed by atoms with Crippen LogP contribution in [0.25, 0.3) is 0 Å². The summed E-state index contributed by atoms with van der Waals surface area (Å²) in [6, 6.07) is 11.2. The van der Waals surface area contributed by atoms with Gasteiger partial charge in [-0.05, 0) is 49.2 Å². The minimum atomic E-state index is -2.92. The van der Waals surface area contributed by atoms with E-state index in [1.165, 1.54) is 0 Å². The van der Waals surface area contributed by atoms with Crippen molar-refractivity contribution in [2.24, 2.45) is 0 Å². The highest BCUT2D eigenvalue weighted by Crippen LogP contribution is 2.41. The molecule has 2 aliphatic rings. The summed E-state index contributed by atoms with van der Waals surface area (Å²) >= 11 is 12.5. The molecule has 166 valence electrons. The van der Waals surface area contributed by atoms with Gasteiger partial charge in [0.1, 0.15) is 5.82 Å². The fourth-order valence-electron chi connectivity index (χ4n) is 4.43. The van der Waals surface area contributed by atoms with Gasteiger partial charge in [-0.3, -0.25) is 9.69 Å². The fourth-order valence-corrected chi connectivity index (χ4v) is 6.00. The number of benzene rings is 1. The summed E-state index contributed by atoms with van der Waals surface area (Å²) < 4.78 is 23.6. The molecule has 2 aliphatic heterocycles. The van der Waals surface area contributed by atoms with Gasteiger partial charge in [-0.2, -0.15) is 0 Å². The normalized spacial score (nSPS) is 24.3. The first-order valence-electron chi connectivity index (χ1n) is 10.4. The molecular formula is C22H25Cl2N3O3S. The molecule has 3 heterocycles. The second-order valence-corrected chi connectivity index (χ2v) is 11.4. The van der Waals surface area contributed by atoms with Crippen molar-refractivity contribution in [3.05, 3.63) is 58.2 Å². The van der Waals surface area contributed by atoms with Gasteiger partial charge < -0.3 is 4.90 Å². The van der Waals surface area contributed by atoms with E-state index in [0.29, 0.717) is 48.3 Å². The Morgan fingerprint density at radius 2 is 1.84 bits per heavy atom. The molecule has 0 bridgehead atoms. The van der Waals surface area contributed by atoms with Crippen LogP contribution in [-0.4, -0.2) is 61.9 Å². The van der Waals surface area contributed by atoms with Crippen LogP contribution in [0.1, 0.15) is 24.8 Å². The lowest BCUT2D eigenvalue weighted by molar-refractivity contribution is -0.120. The van der Waals surface area contributed by atoms with Crippen LogP contribution in [0.4, 0.5) is 5.82 Å². The summed E-state index contributed by atoms with van der Waals surface area (Å²) in [5.41, 5.74) is 0.718. The van der Waals surface area contributed by atoms with Gasteiger partial charge in [-0.15, -0.1) is 0 Å². The van der Waals surface area contributed by atoms with E-state index in [1.54, 1.807) is 17.2 Å². The quantitative estimate of drug-likeness (QED) is 0.652. The van der Waals surface area contributed by atoms with Crippen LogP contribution in [0.3, 0.4) is 0 Å². The largest absolute Gasteiger partial charge is 0.301 e. The molecule has 1 aromatic heterocycles. The third kappa shape index (κ3) is 5.06. The summed E-state index contributed by atoms with van der Waals surface area (Å²) in [6.45, 7) is 2.33. The van der Waals surface area contributed by atoms with Gasteiger partial charge in [-0.1, -0.05) is 35.3 Å². The molecule has 31 heavy (non-hydrogen) atoms. The van der Waals surface area contributed by atoms with Crippen LogP contribution >= 0.6 is 23.2 Å². The molecule has 2 aromatic rings. The van der Waals surface area contributed by atoms with E-state index < -0.39 is 9.84 Å². The number of rotatable bonds is 5. The lowest BCUT2D eigenvalue weighted by Crippen LogP contribution is -2.51. The molecule has 2 saturated heterocycles. The van der Waals surface area contributed by atoms with Crippen molar-refractivity contribution in [1.82, 2.24) is 9.88 Å². The van der Waals surface area contributed by atoms with E-state index in [9.17, 15) is 13.2 Å². The van der Waals surface area contributed by atoms with Crippen molar-refractivity contribution >= 4 is 44.8 Å². The van der Waals surface area contributed by atoms with Gasteiger partial charge in [-0.25, -0.2) is 13.4 Å². The highest BCUT2D eigenvalue weighted by atomic mass is 35.5. The third-order valence-corrected chi connectivity index (χ3v) is 8.73. The molecule has 0 saturated carbocycles. The van der Waals surface area contributed by atoms with Crippen LogP contribution < -0.4 is 4.90 Å². The molecule has 1 atom stereocenters. The van der Waals surface area contributed by atoms with E-state index in [0.717, 1.165) is 18.5 Å². The molecule has 1 aromatic carbocycles. The first-order chi connectivity index (χ1) is 14.8. The number of carbonyl (C=O) groups is 1. The number of anilines is 1. The molecule has 6 nitrogen and oxygen atoms in total. The monoisotopic (exact) mass is 481 g/mol. The van der Waals surface area contributed by atoms with Crippen molar-refractivity contribution in [1.29, 1.82) is 0 Å². The lowest BCUT2D eigenvalue weighted by Gasteiger charge is -2.44. The van der Waals surface area contributed by atoms with Gasteiger partial charge in [0.25, 0.3) is 0 Å². The second kappa shape index (κ2) is 9.06. The smallest absolute Gasteiger partial charge is 0.228 e. The van der Waals surface area contributed by atoms with E-state index in [1.807, 2.05) is 30.3 Å². The SMILES string of the molecule is O=C1CC[C@](CCN2CCS(=O)(=O)CC2)(c2ccc(Cl)c(Cl)c2)CN1c1ccccn1. The average molecular weight is 482 g/mol. The van der Waals surface area contributed by atoms with Crippen molar-refractivity contribution in [3.8, 4) is 0 Å². The Morgan fingerprint density at radius 3 is 2.52 bits per heavy atom. The van der Waals surface area contributed by atoms with Crippen LogP contribution in [0.15, 0.2) is 42.6 Å². The van der Waals surface area contributed by atoms with Crippen molar-refractivity contribution < 1.29 is 13.2 Å². The van der Waals surface area contributed by atoms with E-state index in [2.05, 4.69) is 9.88 Å². The number of piperidine rings is 1. The van der Waals surface area contributed by atoms with E-state index in [-0.39, 0.29) is 22.8 Å². The maximum absolute atomic E-state index is 12.8. The maximum Gasteiger partial charge on any atom is 0.228 e. The van der Waals surface area contributed by atoms with Gasteiger partial charge in [0.15, 0.2) is 9.84 Å².